The van der Waals surface area contributed by atoms with E-state index >= 15 is 0 Å². The van der Waals surface area contributed by atoms with Gasteiger partial charge in [-0.25, -0.2) is 9.37 Å². The van der Waals surface area contributed by atoms with Gasteiger partial charge in [0.15, 0.2) is 0 Å². The molecule has 0 aliphatic carbocycles. The molecule has 0 radical (unpaired) electrons. The zero-order chi connectivity index (χ0) is 15.9. The lowest BCUT2D eigenvalue weighted by Crippen LogP contribution is -2.16. The van der Waals surface area contributed by atoms with Gasteiger partial charge in [0.25, 0.3) is 5.91 Å². The van der Waals surface area contributed by atoms with Gasteiger partial charge in [0.1, 0.15) is 17.2 Å². The Morgan fingerprint density at radius 1 is 1.18 bits per heavy atom. The standard InChI is InChI=1S/C17H16FN3O/c1-10-5-4-6-14(11(10)2)20-17(22)16-12(3)19-15-8-7-13(18)9-21(15)16/h4-9H,1-3H3,(H,20,22). The number of hydrogen-bond donors (Lipinski definition) is 1. The molecule has 3 rings (SSSR count). The number of nitrogens with one attached hydrogen (secondary N) is 1. The van der Waals surface area contributed by atoms with E-state index in [9.17, 15) is 9.18 Å². The molecule has 22 heavy (non-hydrogen) atoms. The zero-order valence-corrected chi connectivity index (χ0v) is 12.6. The number of fused-ring (bicyclic) bond motifs is 1. The molecule has 5 heteroatoms. The lowest BCUT2D eigenvalue weighted by atomic mass is 10.1. The zero-order valence-electron chi connectivity index (χ0n) is 12.6. The number of halogens is 1. The molecular weight excluding hydrogens is 281 g/mol. The highest BCUT2D eigenvalue weighted by Gasteiger charge is 2.18. The molecule has 0 spiro atoms. The molecule has 1 amide bonds. The molecule has 0 saturated heterocycles. The van der Waals surface area contributed by atoms with E-state index in [1.54, 1.807) is 13.0 Å². The molecule has 0 unspecified atom stereocenters. The Balaban J connectivity index is 2.04. The number of hydrogen-bond acceptors (Lipinski definition) is 2. The maximum absolute atomic E-state index is 13.5. The number of nitrogens with zero attached hydrogens (tertiary/aromatic N) is 2. The summed E-state index contributed by atoms with van der Waals surface area (Å²) in [5, 5.41) is 2.88. The molecule has 0 atom stereocenters. The smallest absolute Gasteiger partial charge is 0.274 e. The van der Waals surface area contributed by atoms with Crippen LogP contribution in [0.1, 0.15) is 27.3 Å². The number of aromatic nitrogens is 2. The van der Waals surface area contributed by atoms with E-state index in [4.69, 9.17) is 0 Å². The third-order valence-electron chi connectivity index (χ3n) is 3.82. The molecule has 112 valence electrons. The largest absolute Gasteiger partial charge is 0.320 e. The number of carbonyl (C=O) groups excluding carboxylic acids is 1. The van der Waals surface area contributed by atoms with Crippen molar-refractivity contribution in [1.82, 2.24) is 9.38 Å². The van der Waals surface area contributed by atoms with E-state index in [2.05, 4.69) is 10.3 Å². The Hall–Kier alpha value is -2.69. The molecule has 0 saturated carbocycles. The van der Waals surface area contributed by atoms with Crippen LogP contribution in [0.5, 0.6) is 0 Å². The minimum Gasteiger partial charge on any atom is -0.320 e. The normalized spacial score (nSPS) is 10.9. The third kappa shape index (κ3) is 2.35. The summed E-state index contributed by atoms with van der Waals surface area (Å²) in [6.45, 7) is 5.68. The van der Waals surface area contributed by atoms with Gasteiger partial charge >= 0.3 is 0 Å². The molecule has 2 heterocycles. The summed E-state index contributed by atoms with van der Waals surface area (Å²) in [4.78, 5) is 16.9. The second-order valence-electron chi connectivity index (χ2n) is 5.32. The number of pyridine rings is 1. The summed E-state index contributed by atoms with van der Waals surface area (Å²) >= 11 is 0. The number of carbonyl (C=O) groups is 1. The Morgan fingerprint density at radius 3 is 2.73 bits per heavy atom. The number of anilines is 1. The molecule has 2 aromatic heterocycles. The van der Waals surface area contributed by atoms with Gasteiger partial charge in [-0.3, -0.25) is 9.20 Å². The van der Waals surface area contributed by atoms with Crippen molar-refractivity contribution in [1.29, 1.82) is 0 Å². The van der Waals surface area contributed by atoms with Crippen molar-refractivity contribution in [2.75, 3.05) is 5.32 Å². The van der Waals surface area contributed by atoms with Crippen LogP contribution < -0.4 is 5.32 Å². The van der Waals surface area contributed by atoms with E-state index in [1.165, 1.54) is 16.7 Å². The van der Waals surface area contributed by atoms with Crippen molar-refractivity contribution < 1.29 is 9.18 Å². The van der Waals surface area contributed by atoms with Crippen molar-refractivity contribution in [3.8, 4) is 0 Å². The highest BCUT2D eigenvalue weighted by atomic mass is 19.1. The SMILES string of the molecule is Cc1cccc(NC(=O)c2c(C)nc3ccc(F)cn23)c1C. The second kappa shape index (κ2) is 5.26. The summed E-state index contributed by atoms with van der Waals surface area (Å²) in [5.74, 6) is -0.713. The molecule has 4 nitrogen and oxygen atoms in total. The lowest BCUT2D eigenvalue weighted by Gasteiger charge is -2.10. The van der Waals surface area contributed by atoms with Crippen LogP contribution >= 0.6 is 0 Å². The first kappa shape index (κ1) is 14.3. The van der Waals surface area contributed by atoms with E-state index < -0.39 is 5.82 Å². The highest BCUT2D eigenvalue weighted by Crippen LogP contribution is 2.20. The molecule has 3 aromatic rings. The summed E-state index contributed by atoms with van der Waals surface area (Å²) in [6, 6.07) is 8.60. The molecule has 0 aliphatic rings. The van der Waals surface area contributed by atoms with Gasteiger partial charge in [0.2, 0.25) is 0 Å². The highest BCUT2D eigenvalue weighted by molar-refractivity contribution is 6.04. The fraction of sp³-hybridized carbons (Fsp3) is 0.176. The van der Waals surface area contributed by atoms with Crippen molar-refractivity contribution in [3.05, 3.63) is 64.9 Å². The number of imidazole rings is 1. The lowest BCUT2D eigenvalue weighted by molar-refractivity contribution is 0.102. The predicted octanol–water partition coefficient (Wildman–Crippen LogP) is 3.65. The maximum Gasteiger partial charge on any atom is 0.274 e. The second-order valence-corrected chi connectivity index (χ2v) is 5.32. The molecule has 0 fully saturated rings. The average molecular weight is 297 g/mol. The average Bonchev–Trinajstić information content (AvgIpc) is 2.79. The van der Waals surface area contributed by atoms with E-state index in [0.29, 0.717) is 17.0 Å². The number of amides is 1. The van der Waals surface area contributed by atoms with Crippen molar-refractivity contribution in [2.45, 2.75) is 20.8 Å². The Morgan fingerprint density at radius 2 is 1.95 bits per heavy atom. The van der Waals surface area contributed by atoms with Crippen molar-refractivity contribution >= 4 is 17.2 Å². The van der Waals surface area contributed by atoms with Gasteiger partial charge in [-0.15, -0.1) is 0 Å². The van der Waals surface area contributed by atoms with Crippen LogP contribution in [0.3, 0.4) is 0 Å². The first-order chi connectivity index (χ1) is 10.5. The van der Waals surface area contributed by atoms with Gasteiger partial charge in [-0.1, -0.05) is 12.1 Å². The van der Waals surface area contributed by atoms with E-state index in [-0.39, 0.29) is 5.91 Å². The first-order valence-corrected chi connectivity index (χ1v) is 6.99. The monoisotopic (exact) mass is 297 g/mol. The first-order valence-electron chi connectivity index (χ1n) is 6.99. The van der Waals surface area contributed by atoms with Crippen LogP contribution in [0, 0.1) is 26.6 Å². The van der Waals surface area contributed by atoms with Crippen LogP contribution in [0.15, 0.2) is 36.5 Å². The summed E-state index contributed by atoms with van der Waals surface area (Å²) in [7, 11) is 0. The topological polar surface area (TPSA) is 46.4 Å². The van der Waals surface area contributed by atoms with Crippen LogP contribution in [0.4, 0.5) is 10.1 Å². The Bertz CT molecular complexity index is 883. The van der Waals surface area contributed by atoms with Gasteiger partial charge in [0, 0.05) is 11.9 Å². The van der Waals surface area contributed by atoms with Crippen LogP contribution in [0.2, 0.25) is 0 Å². The molecule has 0 bridgehead atoms. The Labute approximate surface area is 127 Å². The van der Waals surface area contributed by atoms with Gasteiger partial charge in [-0.05, 0) is 50.1 Å². The molecular formula is C17H16FN3O. The summed E-state index contributed by atoms with van der Waals surface area (Å²) < 4.78 is 14.9. The molecule has 1 aromatic carbocycles. The quantitative estimate of drug-likeness (QED) is 0.784. The van der Waals surface area contributed by atoms with Crippen molar-refractivity contribution in [2.24, 2.45) is 0 Å². The number of rotatable bonds is 2. The van der Waals surface area contributed by atoms with E-state index in [0.717, 1.165) is 16.8 Å². The van der Waals surface area contributed by atoms with Gasteiger partial charge < -0.3 is 5.32 Å². The third-order valence-corrected chi connectivity index (χ3v) is 3.82. The van der Waals surface area contributed by atoms with Crippen LogP contribution in [-0.2, 0) is 0 Å². The van der Waals surface area contributed by atoms with Gasteiger partial charge in [-0.2, -0.15) is 0 Å². The van der Waals surface area contributed by atoms with Crippen LogP contribution in [-0.4, -0.2) is 15.3 Å². The van der Waals surface area contributed by atoms with Crippen LogP contribution in [0.25, 0.3) is 5.65 Å². The minimum absolute atomic E-state index is 0.302. The van der Waals surface area contributed by atoms with Gasteiger partial charge in [0.05, 0.1) is 5.69 Å². The molecule has 1 N–H and O–H groups in total. The van der Waals surface area contributed by atoms with E-state index in [1.807, 2.05) is 32.0 Å². The van der Waals surface area contributed by atoms with Crippen molar-refractivity contribution in [3.63, 3.8) is 0 Å². The summed E-state index contributed by atoms with van der Waals surface area (Å²) in [5.41, 5.74) is 4.30. The minimum atomic E-state index is -0.411. The summed E-state index contributed by atoms with van der Waals surface area (Å²) in [6.07, 6.45) is 1.27. The Kier molecular flexibility index (Phi) is 3.41. The fourth-order valence-corrected chi connectivity index (χ4v) is 2.48. The predicted molar refractivity (Wildman–Crippen MR) is 83.8 cm³/mol. The maximum atomic E-state index is 13.5. The number of benzene rings is 1. The molecule has 0 aliphatic heterocycles. The fourth-order valence-electron chi connectivity index (χ4n) is 2.48. The number of aryl methyl sites for hydroxylation is 2.